The molecule has 1 unspecified atom stereocenters. The van der Waals surface area contributed by atoms with Crippen LogP contribution in [0.25, 0.3) is 0 Å². The van der Waals surface area contributed by atoms with Crippen LogP contribution in [0.1, 0.15) is 24.8 Å². The van der Waals surface area contributed by atoms with Crippen LogP contribution in [0.2, 0.25) is 0 Å². The van der Waals surface area contributed by atoms with Gasteiger partial charge in [-0.2, -0.15) is 0 Å². The Morgan fingerprint density at radius 3 is 2.88 bits per heavy atom. The number of para-hydroxylation sites is 1. The Morgan fingerprint density at radius 2 is 2.18 bits per heavy atom. The highest BCUT2D eigenvalue weighted by atomic mass is 16.5. The molecule has 0 aliphatic carbocycles. The zero-order valence-electron chi connectivity index (χ0n) is 10.6. The van der Waals surface area contributed by atoms with E-state index < -0.39 is 0 Å². The van der Waals surface area contributed by atoms with Gasteiger partial charge in [0, 0.05) is 32.4 Å². The fraction of sp³-hybridized carbons (Fsp3) is 0.571. The summed E-state index contributed by atoms with van der Waals surface area (Å²) in [6.07, 6.45) is 4.05. The van der Waals surface area contributed by atoms with Crippen molar-refractivity contribution < 1.29 is 4.74 Å². The molecule has 0 aromatic heterocycles. The second kappa shape index (κ2) is 6.03. The molecule has 1 atom stereocenters. The van der Waals surface area contributed by atoms with Gasteiger partial charge in [0.2, 0.25) is 0 Å². The fourth-order valence-electron chi connectivity index (χ4n) is 2.41. The zero-order valence-corrected chi connectivity index (χ0v) is 10.6. The molecule has 1 saturated heterocycles. The van der Waals surface area contributed by atoms with Crippen LogP contribution in [-0.4, -0.2) is 26.3 Å². The topological polar surface area (TPSA) is 38.5 Å². The van der Waals surface area contributed by atoms with Gasteiger partial charge >= 0.3 is 0 Å². The first-order chi connectivity index (χ1) is 8.31. The molecule has 2 N–H and O–H groups in total. The van der Waals surface area contributed by atoms with E-state index in [-0.39, 0.29) is 0 Å². The van der Waals surface area contributed by atoms with Crippen LogP contribution >= 0.6 is 0 Å². The van der Waals surface area contributed by atoms with Crippen LogP contribution in [0, 0.1) is 0 Å². The van der Waals surface area contributed by atoms with Crippen molar-refractivity contribution in [2.24, 2.45) is 5.73 Å². The number of rotatable bonds is 4. The summed E-state index contributed by atoms with van der Waals surface area (Å²) < 4.78 is 5.77. The van der Waals surface area contributed by atoms with Crippen molar-refractivity contribution in [1.29, 1.82) is 0 Å². The summed E-state index contributed by atoms with van der Waals surface area (Å²) in [5, 5.41) is 0. The van der Waals surface area contributed by atoms with Gasteiger partial charge in [-0.05, 0) is 30.9 Å². The van der Waals surface area contributed by atoms with Crippen LogP contribution in [0.5, 0.6) is 0 Å². The van der Waals surface area contributed by atoms with Crippen molar-refractivity contribution in [3.8, 4) is 0 Å². The number of benzene rings is 1. The summed E-state index contributed by atoms with van der Waals surface area (Å²) in [4.78, 5) is 2.26. The summed E-state index contributed by atoms with van der Waals surface area (Å²) >= 11 is 0. The molecular formula is C14H22N2O. The van der Waals surface area contributed by atoms with Crippen molar-refractivity contribution in [2.75, 3.05) is 25.1 Å². The third kappa shape index (κ3) is 3.20. The second-order valence-electron chi connectivity index (χ2n) is 4.70. The minimum absolute atomic E-state index is 0.375. The molecule has 1 aliphatic rings. The molecule has 2 rings (SSSR count). The van der Waals surface area contributed by atoms with E-state index in [4.69, 9.17) is 10.5 Å². The summed E-state index contributed by atoms with van der Waals surface area (Å²) in [6.45, 7) is 2.46. The van der Waals surface area contributed by atoms with Gasteiger partial charge in [0.25, 0.3) is 0 Å². The molecule has 1 fully saturated rings. The zero-order chi connectivity index (χ0) is 12.1. The largest absolute Gasteiger partial charge is 0.376 e. The maximum atomic E-state index is 5.77. The lowest BCUT2D eigenvalue weighted by molar-refractivity contribution is 0.0216. The number of anilines is 1. The van der Waals surface area contributed by atoms with Crippen molar-refractivity contribution in [1.82, 2.24) is 0 Å². The monoisotopic (exact) mass is 234 g/mol. The molecule has 0 spiro atoms. The Labute approximate surface area is 104 Å². The van der Waals surface area contributed by atoms with Gasteiger partial charge < -0.3 is 15.4 Å². The van der Waals surface area contributed by atoms with E-state index in [9.17, 15) is 0 Å². The van der Waals surface area contributed by atoms with E-state index in [0.29, 0.717) is 12.6 Å². The van der Waals surface area contributed by atoms with Gasteiger partial charge in [-0.3, -0.25) is 0 Å². The van der Waals surface area contributed by atoms with Crippen molar-refractivity contribution in [3.63, 3.8) is 0 Å². The summed E-state index contributed by atoms with van der Waals surface area (Å²) in [6, 6.07) is 8.32. The van der Waals surface area contributed by atoms with Crippen LogP contribution in [0.4, 0.5) is 5.69 Å². The molecule has 1 aromatic rings. The molecule has 3 nitrogen and oxygen atoms in total. The second-order valence-corrected chi connectivity index (χ2v) is 4.70. The van der Waals surface area contributed by atoms with Crippen molar-refractivity contribution in [2.45, 2.75) is 31.9 Å². The minimum Gasteiger partial charge on any atom is -0.376 e. The molecule has 1 heterocycles. The predicted molar refractivity (Wildman–Crippen MR) is 71.2 cm³/mol. The number of ether oxygens (including phenoxy) is 1. The summed E-state index contributed by atoms with van der Waals surface area (Å²) in [5.74, 6) is 0. The molecule has 17 heavy (non-hydrogen) atoms. The summed E-state index contributed by atoms with van der Waals surface area (Å²) in [7, 11) is 2.12. The van der Waals surface area contributed by atoms with E-state index in [1.54, 1.807) is 0 Å². The van der Waals surface area contributed by atoms with Gasteiger partial charge in [0.05, 0.1) is 6.10 Å². The third-order valence-electron chi connectivity index (χ3n) is 3.37. The lowest BCUT2D eigenvalue weighted by Gasteiger charge is -2.29. The highest BCUT2D eigenvalue weighted by Crippen LogP contribution is 2.21. The minimum atomic E-state index is 0.375. The molecule has 1 aliphatic heterocycles. The Bertz CT molecular complexity index is 348. The Kier molecular flexibility index (Phi) is 4.40. The Hall–Kier alpha value is -1.06. The van der Waals surface area contributed by atoms with Gasteiger partial charge in [0.1, 0.15) is 0 Å². The van der Waals surface area contributed by atoms with E-state index in [1.807, 2.05) is 6.07 Å². The molecule has 0 amide bonds. The van der Waals surface area contributed by atoms with Crippen LogP contribution in [0.15, 0.2) is 24.3 Å². The fourth-order valence-corrected chi connectivity index (χ4v) is 2.41. The van der Waals surface area contributed by atoms with Crippen LogP contribution in [0.3, 0.4) is 0 Å². The van der Waals surface area contributed by atoms with E-state index >= 15 is 0 Å². The number of likely N-dealkylation sites (N-methyl/N-ethyl adjacent to an activating group) is 1. The van der Waals surface area contributed by atoms with Gasteiger partial charge in [-0.25, -0.2) is 0 Å². The van der Waals surface area contributed by atoms with E-state index in [1.165, 1.54) is 30.5 Å². The Morgan fingerprint density at radius 1 is 1.35 bits per heavy atom. The van der Waals surface area contributed by atoms with Crippen LogP contribution in [-0.2, 0) is 11.3 Å². The first-order valence-electron chi connectivity index (χ1n) is 6.42. The highest BCUT2D eigenvalue weighted by molar-refractivity contribution is 5.53. The quantitative estimate of drug-likeness (QED) is 0.867. The smallest absolute Gasteiger partial charge is 0.0749 e. The van der Waals surface area contributed by atoms with Gasteiger partial charge in [0.15, 0.2) is 0 Å². The lowest BCUT2D eigenvalue weighted by Crippen LogP contribution is -2.33. The molecule has 0 bridgehead atoms. The predicted octanol–water partition coefficient (Wildman–Crippen LogP) is 2.15. The number of hydrogen-bond acceptors (Lipinski definition) is 3. The lowest BCUT2D eigenvalue weighted by atomic mass is 10.1. The van der Waals surface area contributed by atoms with Crippen molar-refractivity contribution >= 4 is 5.69 Å². The number of nitrogens with two attached hydrogens (primary N) is 1. The van der Waals surface area contributed by atoms with Gasteiger partial charge in [-0.1, -0.05) is 18.2 Å². The molecular weight excluding hydrogens is 212 g/mol. The van der Waals surface area contributed by atoms with Gasteiger partial charge in [-0.15, -0.1) is 0 Å². The molecule has 1 aromatic carbocycles. The third-order valence-corrected chi connectivity index (χ3v) is 3.37. The van der Waals surface area contributed by atoms with E-state index in [0.717, 1.165) is 13.2 Å². The first kappa shape index (κ1) is 12.4. The first-order valence-corrected chi connectivity index (χ1v) is 6.42. The molecule has 0 saturated carbocycles. The SMILES string of the molecule is CN(CC1CCCCO1)c1ccccc1CN. The van der Waals surface area contributed by atoms with Crippen LogP contribution < -0.4 is 10.6 Å². The standard InChI is InChI=1S/C14H22N2O/c1-16(11-13-7-4-5-9-17-13)14-8-3-2-6-12(14)10-15/h2-3,6,8,13H,4-5,7,9-11,15H2,1H3. The maximum absolute atomic E-state index is 5.77. The molecule has 3 heteroatoms. The number of hydrogen-bond donors (Lipinski definition) is 1. The average molecular weight is 234 g/mol. The normalized spacial score (nSPS) is 20.2. The molecule has 0 radical (unpaired) electrons. The maximum Gasteiger partial charge on any atom is 0.0749 e. The summed E-state index contributed by atoms with van der Waals surface area (Å²) in [5.41, 5.74) is 8.19. The molecule has 94 valence electrons. The number of nitrogens with zero attached hydrogens (tertiary/aromatic N) is 1. The highest BCUT2D eigenvalue weighted by Gasteiger charge is 2.16. The van der Waals surface area contributed by atoms with Crippen molar-refractivity contribution in [3.05, 3.63) is 29.8 Å². The Balaban J connectivity index is 2.00. The van der Waals surface area contributed by atoms with E-state index in [2.05, 4.69) is 30.1 Å². The average Bonchev–Trinajstić information content (AvgIpc) is 2.40.